The number of carbonyl (C=O) groups is 12. The molecular formula is C48H84N6O18. The first-order valence-electron chi connectivity index (χ1n) is 24.1. The molecule has 0 bridgehead atoms. The zero-order valence-corrected chi connectivity index (χ0v) is 43.1. The van der Waals surface area contributed by atoms with Crippen molar-refractivity contribution in [2.24, 2.45) is 5.92 Å². The van der Waals surface area contributed by atoms with Gasteiger partial charge >= 0.3 is 35.8 Å². The van der Waals surface area contributed by atoms with E-state index in [2.05, 4.69) is 33.2 Å². The largest absolute Gasteiger partial charge is 0.481 e. The van der Waals surface area contributed by atoms with E-state index in [4.69, 9.17) is 30.6 Å². The van der Waals surface area contributed by atoms with E-state index >= 15 is 0 Å². The molecule has 0 heterocycles. The number of aliphatic carboxylic acids is 6. The molecule has 0 aromatic heterocycles. The Morgan fingerprint density at radius 2 is 0.861 bits per heavy atom. The van der Waals surface area contributed by atoms with Crippen molar-refractivity contribution in [2.45, 2.75) is 157 Å². The molecule has 0 aromatic rings. The Kier molecular flexibility index (Phi) is 53.5. The quantitative estimate of drug-likeness (QED) is 0.0318. The second-order valence-electron chi connectivity index (χ2n) is 15.8. The zero-order valence-electron chi connectivity index (χ0n) is 43.1. The van der Waals surface area contributed by atoms with Gasteiger partial charge < -0.3 is 62.1 Å². The molecule has 0 radical (unpaired) electrons. The van der Waals surface area contributed by atoms with Gasteiger partial charge in [-0.25, -0.2) is 9.59 Å². The second kappa shape index (κ2) is 52.0. The van der Waals surface area contributed by atoms with Gasteiger partial charge in [0, 0.05) is 89.2 Å². The van der Waals surface area contributed by atoms with E-state index in [1.807, 2.05) is 41.5 Å². The standard InChI is InChI=1S/C14H24N2O6.C9H17NO3.C9H15NO3.C8H15NO3.C8H13NO3/c1-2-3-9-16(12(18)5-7-14(21)22)10-8-15-11(17)4-6-13(19)20;1-3-7(2)6-10-8(11)4-5-9(12)13;1-3-4-5-10-8(11)6-7(2)9(12)13;2*1-2-3-6-9-7(10)4-5-8(11)12/h2-10H2,1H3,(H,15,17)(H,19,20)(H,21,22);7H,3-6H2,1-2H3,(H,10,11)(H,12,13);2-6H2,1H3,(H,10,11)(H,12,13);2-6H2,1H3,(H,9,10)(H,11,12);4-5H,2-3,6H2,1H3,(H,9,10)(H,11,12)/b;;;;5-4-. The van der Waals surface area contributed by atoms with Gasteiger partial charge in [-0.3, -0.25) is 47.9 Å². The highest BCUT2D eigenvalue weighted by Gasteiger charge is 2.15. The van der Waals surface area contributed by atoms with Crippen molar-refractivity contribution in [3.8, 4) is 0 Å². The lowest BCUT2D eigenvalue weighted by atomic mass is 10.1. The van der Waals surface area contributed by atoms with Gasteiger partial charge in [0.25, 0.3) is 0 Å². The van der Waals surface area contributed by atoms with Crippen LogP contribution in [0.2, 0.25) is 0 Å². The third kappa shape index (κ3) is 63.1. The highest BCUT2D eigenvalue weighted by atomic mass is 16.4. The van der Waals surface area contributed by atoms with Gasteiger partial charge in [-0.15, -0.1) is 0 Å². The second-order valence-corrected chi connectivity index (χ2v) is 15.8. The van der Waals surface area contributed by atoms with Gasteiger partial charge in [-0.1, -0.05) is 80.2 Å². The summed E-state index contributed by atoms with van der Waals surface area (Å²) in [6, 6.07) is 0. The average molecular weight is 1030 g/mol. The summed E-state index contributed by atoms with van der Waals surface area (Å²) in [5.74, 6) is -7.32. The number of amides is 6. The summed E-state index contributed by atoms with van der Waals surface area (Å²) < 4.78 is 0. The van der Waals surface area contributed by atoms with Crippen molar-refractivity contribution in [2.75, 3.05) is 45.8 Å². The molecule has 0 aliphatic carbocycles. The number of hydrogen-bond acceptors (Lipinski definition) is 12. The highest BCUT2D eigenvalue weighted by Crippen LogP contribution is 2.02. The first-order valence-corrected chi connectivity index (χ1v) is 24.1. The van der Waals surface area contributed by atoms with Crippen LogP contribution < -0.4 is 26.6 Å². The third-order valence-electron chi connectivity index (χ3n) is 9.02. The fraction of sp³-hybridized carbons (Fsp3) is 0.667. The Hall–Kier alpha value is -6.88. The summed E-state index contributed by atoms with van der Waals surface area (Å²) in [5.41, 5.74) is -0.0750. The van der Waals surface area contributed by atoms with Gasteiger partial charge in [0.05, 0.1) is 32.1 Å². The van der Waals surface area contributed by atoms with Gasteiger partial charge in [0.15, 0.2) is 0 Å². The topological polar surface area (TPSA) is 390 Å². The van der Waals surface area contributed by atoms with Crippen molar-refractivity contribution < 1.29 is 88.2 Å². The number of hydrogen-bond donors (Lipinski definition) is 11. The predicted octanol–water partition coefficient (Wildman–Crippen LogP) is 3.72. The Balaban J connectivity index is -0.000000267. The van der Waals surface area contributed by atoms with Crippen molar-refractivity contribution >= 4 is 71.3 Å². The maximum Gasteiger partial charge on any atom is 0.331 e. The Bertz CT molecular complexity index is 1670. The van der Waals surface area contributed by atoms with Crippen molar-refractivity contribution in [1.82, 2.24) is 31.5 Å². The molecule has 1 atom stereocenters. The molecule has 1 unspecified atom stereocenters. The average Bonchev–Trinajstić information content (AvgIpc) is 3.31. The smallest absolute Gasteiger partial charge is 0.331 e. The maximum atomic E-state index is 11.9. The van der Waals surface area contributed by atoms with Crippen LogP contribution in [0.3, 0.4) is 0 Å². The number of carboxylic acids is 6. The first kappa shape index (κ1) is 74.1. The van der Waals surface area contributed by atoms with Crippen LogP contribution in [-0.2, 0) is 57.5 Å². The summed E-state index contributed by atoms with van der Waals surface area (Å²) in [6.45, 7) is 18.9. The molecule has 6 amide bonds. The molecule has 0 spiro atoms. The van der Waals surface area contributed by atoms with Crippen molar-refractivity contribution in [3.63, 3.8) is 0 Å². The monoisotopic (exact) mass is 1030 g/mol. The summed E-state index contributed by atoms with van der Waals surface area (Å²) in [4.78, 5) is 130. The van der Waals surface area contributed by atoms with Crippen molar-refractivity contribution in [1.29, 1.82) is 0 Å². The molecule has 24 nitrogen and oxygen atoms in total. The number of carbonyl (C=O) groups excluding carboxylic acids is 6. The zero-order chi connectivity index (χ0) is 56.3. The van der Waals surface area contributed by atoms with E-state index < -0.39 is 35.8 Å². The normalized spacial score (nSPS) is 10.2. The minimum atomic E-state index is -1.12. The Labute approximate surface area is 423 Å². The molecule has 0 saturated carbocycles. The van der Waals surface area contributed by atoms with Crippen LogP contribution in [0.15, 0.2) is 24.3 Å². The van der Waals surface area contributed by atoms with Crippen LogP contribution in [0.4, 0.5) is 0 Å². The highest BCUT2D eigenvalue weighted by molar-refractivity contribution is 5.94. The van der Waals surface area contributed by atoms with Gasteiger partial charge in [-0.2, -0.15) is 0 Å². The summed E-state index contributed by atoms with van der Waals surface area (Å²) in [6.07, 6.45) is 9.57. The van der Waals surface area contributed by atoms with Gasteiger partial charge in [-0.05, 0) is 31.6 Å². The van der Waals surface area contributed by atoms with E-state index in [0.717, 1.165) is 69.9 Å². The molecule has 414 valence electrons. The van der Waals surface area contributed by atoms with Crippen LogP contribution in [0, 0.1) is 5.92 Å². The summed E-state index contributed by atoms with van der Waals surface area (Å²) in [5, 5.41) is 63.2. The lowest BCUT2D eigenvalue weighted by Crippen LogP contribution is -2.39. The molecule has 11 N–H and O–H groups in total. The van der Waals surface area contributed by atoms with Crippen LogP contribution >= 0.6 is 0 Å². The number of rotatable bonds is 35. The van der Waals surface area contributed by atoms with Crippen LogP contribution in [-0.4, -0.2) is 153 Å². The molecule has 72 heavy (non-hydrogen) atoms. The van der Waals surface area contributed by atoms with Crippen LogP contribution in [0.5, 0.6) is 0 Å². The van der Waals surface area contributed by atoms with E-state index in [0.29, 0.717) is 38.6 Å². The summed E-state index contributed by atoms with van der Waals surface area (Å²) >= 11 is 0. The van der Waals surface area contributed by atoms with Crippen LogP contribution in [0.1, 0.15) is 157 Å². The molecule has 0 aliphatic rings. The number of nitrogens with zero attached hydrogens (tertiary/aromatic N) is 1. The molecule has 0 saturated heterocycles. The Morgan fingerprint density at radius 1 is 0.472 bits per heavy atom. The minimum absolute atomic E-state index is 0.0635. The number of nitrogens with one attached hydrogen (secondary N) is 5. The fourth-order valence-corrected chi connectivity index (χ4v) is 4.51. The third-order valence-corrected chi connectivity index (χ3v) is 9.02. The SMILES string of the molecule is C=C(CC(=O)NCCCC)C(=O)O.CCC(C)CNC(=O)CCC(=O)O.CCCCN(CCNC(=O)CCC(=O)O)C(=O)CCC(=O)O.CCCCNC(=O)/C=C\C(=O)O.CCCCNC(=O)CCC(=O)O. The molecular weight excluding hydrogens is 949 g/mol. The first-order chi connectivity index (χ1) is 33.8. The molecule has 0 rings (SSSR count). The lowest BCUT2D eigenvalue weighted by Gasteiger charge is -2.22. The predicted molar refractivity (Wildman–Crippen MR) is 266 cm³/mol. The molecule has 0 aliphatic heterocycles. The van der Waals surface area contributed by atoms with Gasteiger partial charge in [0.2, 0.25) is 35.4 Å². The van der Waals surface area contributed by atoms with E-state index in [1.165, 1.54) is 4.90 Å². The molecule has 0 fully saturated rings. The van der Waals surface area contributed by atoms with E-state index in [9.17, 15) is 57.5 Å². The fourth-order valence-electron chi connectivity index (χ4n) is 4.51. The number of unbranched alkanes of at least 4 members (excludes halogenated alkanes) is 4. The number of carboxylic acid groups (broad SMARTS) is 6. The van der Waals surface area contributed by atoms with E-state index in [-0.39, 0.29) is 112 Å². The maximum absolute atomic E-state index is 11.9. The minimum Gasteiger partial charge on any atom is -0.481 e. The molecule has 0 aromatic carbocycles. The molecule has 24 heteroatoms. The van der Waals surface area contributed by atoms with Gasteiger partial charge in [0.1, 0.15) is 0 Å². The van der Waals surface area contributed by atoms with Crippen LogP contribution in [0.25, 0.3) is 0 Å². The Morgan fingerprint density at radius 3 is 1.25 bits per heavy atom. The summed E-state index contributed by atoms with van der Waals surface area (Å²) in [7, 11) is 0. The van der Waals surface area contributed by atoms with E-state index in [1.54, 1.807) is 0 Å². The van der Waals surface area contributed by atoms with Crippen molar-refractivity contribution in [3.05, 3.63) is 24.3 Å². The lowest BCUT2D eigenvalue weighted by molar-refractivity contribution is -0.141.